The van der Waals surface area contributed by atoms with Crippen molar-refractivity contribution in [1.82, 2.24) is 9.55 Å². The van der Waals surface area contributed by atoms with Crippen LogP contribution in [0.5, 0.6) is 0 Å². The van der Waals surface area contributed by atoms with E-state index in [-0.39, 0.29) is 5.82 Å². The summed E-state index contributed by atoms with van der Waals surface area (Å²) in [5.41, 5.74) is 2.30. The fourth-order valence-electron chi connectivity index (χ4n) is 2.13. The Balaban J connectivity index is 2.39. The molecule has 0 amide bonds. The van der Waals surface area contributed by atoms with Gasteiger partial charge in [0.05, 0.1) is 21.2 Å². The summed E-state index contributed by atoms with van der Waals surface area (Å²) >= 11 is 8.35. The molecule has 0 bridgehead atoms. The van der Waals surface area contributed by atoms with Gasteiger partial charge in [0.15, 0.2) is 4.77 Å². The highest BCUT2D eigenvalue weighted by atomic mass is 79.9. The number of H-pyrrole nitrogens is 1. The van der Waals surface area contributed by atoms with E-state index in [4.69, 9.17) is 12.2 Å². The first-order valence-corrected chi connectivity index (χ1v) is 7.04. The van der Waals surface area contributed by atoms with Gasteiger partial charge in [0.1, 0.15) is 11.6 Å². The van der Waals surface area contributed by atoms with Gasteiger partial charge in [-0.2, -0.15) is 0 Å². The fraction of sp³-hybridized carbons (Fsp3) is 0.0714. The predicted molar refractivity (Wildman–Crippen MR) is 80.8 cm³/mol. The molecule has 0 aliphatic carbocycles. The molecule has 1 N–H and O–H groups in total. The molecule has 0 atom stereocenters. The summed E-state index contributed by atoms with van der Waals surface area (Å²) in [6.07, 6.45) is 0. The van der Waals surface area contributed by atoms with Gasteiger partial charge < -0.3 is 4.98 Å². The molecule has 1 aromatic heterocycles. The summed E-state index contributed by atoms with van der Waals surface area (Å²) < 4.78 is 29.9. The van der Waals surface area contributed by atoms with Crippen LogP contribution < -0.4 is 0 Å². The molecule has 0 saturated carbocycles. The zero-order valence-corrected chi connectivity index (χ0v) is 12.8. The predicted octanol–water partition coefficient (Wildman–Crippen LogP) is 5.04. The van der Waals surface area contributed by atoms with Crippen LogP contribution in [0.25, 0.3) is 16.7 Å². The molecular weight excluding hydrogens is 346 g/mol. The lowest BCUT2D eigenvalue weighted by Crippen LogP contribution is -1.98. The van der Waals surface area contributed by atoms with Crippen molar-refractivity contribution in [3.8, 4) is 5.69 Å². The molecule has 1 heterocycles. The van der Waals surface area contributed by atoms with Crippen molar-refractivity contribution < 1.29 is 8.78 Å². The molecule has 3 rings (SSSR count). The zero-order chi connectivity index (χ0) is 14.4. The number of halogens is 3. The van der Waals surface area contributed by atoms with Gasteiger partial charge in [0, 0.05) is 6.07 Å². The monoisotopic (exact) mass is 354 g/mol. The highest BCUT2D eigenvalue weighted by Crippen LogP contribution is 2.27. The molecule has 0 spiro atoms. The van der Waals surface area contributed by atoms with Crippen molar-refractivity contribution in [2.24, 2.45) is 0 Å². The summed E-state index contributed by atoms with van der Waals surface area (Å²) in [5.74, 6) is -0.771. The van der Waals surface area contributed by atoms with Crippen LogP contribution >= 0.6 is 28.1 Å². The van der Waals surface area contributed by atoms with Crippen LogP contribution in [-0.2, 0) is 0 Å². The highest BCUT2D eigenvalue weighted by Gasteiger charge is 2.13. The van der Waals surface area contributed by atoms with Gasteiger partial charge in [-0.25, -0.2) is 8.78 Å². The summed E-state index contributed by atoms with van der Waals surface area (Å²) in [4.78, 5) is 2.89. The lowest BCUT2D eigenvalue weighted by Gasteiger charge is -2.07. The number of nitrogens with zero attached hydrogens (tertiary/aromatic N) is 1. The maximum Gasteiger partial charge on any atom is 0.182 e. The number of hydrogen-bond donors (Lipinski definition) is 1. The summed E-state index contributed by atoms with van der Waals surface area (Å²) in [6, 6.07) is 7.81. The second-order valence-electron chi connectivity index (χ2n) is 4.50. The van der Waals surface area contributed by atoms with Crippen LogP contribution in [-0.4, -0.2) is 9.55 Å². The van der Waals surface area contributed by atoms with Crippen molar-refractivity contribution in [3.05, 3.63) is 56.8 Å². The first-order chi connectivity index (χ1) is 9.47. The van der Waals surface area contributed by atoms with E-state index in [0.717, 1.165) is 5.56 Å². The molecule has 2 aromatic carbocycles. The minimum atomic E-state index is -0.398. The minimum Gasteiger partial charge on any atom is -0.330 e. The third-order valence-corrected chi connectivity index (χ3v) is 3.96. The summed E-state index contributed by atoms with van der Waals surface area (Å²) in [7, 11) is 0. The number of hydrogen-bond acceptors (Lipinski definition) is 1. The van der Waals surface area contributed by atoms with Gasteiger partial charge in [-0.05, 0) is 58.8 Å². The van der Waals surface area contributed by atoms with E-state index in [0.29, 0.717) is 26.0 Å². The average molecular weight is 355 g/mol. The van der Waals surface area contributed by atoms with Crippen LogP contribution in [0, 0.1) is 23.3 Å². The fourth-order valence-corrected chi connectivity index (χ4v) is 2.77. The number of imidazole rings is 1. The number of aromatic nitrogens is 2. The van der Waals surface area contributed by atoms with E-state index in [2.05, 4.69) is 20.9 Å². The van der Waals surface area contributed by atoms with E-state index >= 15 is 0 Å². The normalized spacial score (nSPS) is 11.2. The standard InChI is InChI=1S/C14H9BrF2N2S/c1-7-2-3-12(10(17)4-7)19-13-5-8(15)9(16)6-11(13)18-14(19)20/h2-6H,1H3,(H,18,20). The van der Waals surface area contributed by atoms with Crippen LogP contribution in [0.3, 0.4) is 0 Å². The Kier molecular flexibility index (Phi) is 3.22. The zero-order valence-electron chi connectivity index (χ0n) is 10.4. The molecule has 0 aliphatic heterocycles. The lowest BCUT2D eigenvalue weighted by atomic mass is 10.2. The van der Waals surface area contributed by atoms with Crippen molar-refractivity contribution in [2.75, 3.05) is 0 Å². The largest absolute Gasteiger partial charge is 0.330 e. The quantitative estimate of drug-likeness (QED) is 0.607. The number of benzene rings is 2. The molecule has 0 radical (unpaired) electrons. The molecule has 102 valence electrons. The van der Waals surface area contributed by atoms with Crippen LogP contribution in [0.15, 0.2) is 34.8 Å². The maximum atomic E-state index is 14.1. The highest BCUT2D eigenvalue weighted by molar-refractivity contribution is 9.10. The number of aryl methyl sites for hydroxylation is 1. The van der Waals surface area contributed by atoms with Crippen molar-refractivity contribution in [2.45, 2.75) is 6.92 Å². The lowest BCUT2D eigenvalue weighted by molar-refractivity contribution is 0.617. The minimum absolute atomic E-state index is 0.306. The molecule has 0 fully saturated rings. The molecule has 2 nitrogen and oxygen atoms in total. The van der Waals surface area contributed by atoms with E-state index in [1.807, 2.05) is 6.92 Å². The second-order valence-corrected chi connectivity index (χ2v) is 5.74. The number of fused-ring (bicyclic) bond motifs is 1. The summed E-state index contributed by atoms with van der Waals surface area (Å²) in [5, 5.41) is 0. The van der Waals surface area contributed by atoms with Gasteiger partial charge in [-0.1, -0.05) is 6.07 Å². The average Bonchev–Trinajstić information content (AvgIpc) is 2.66. The molecule has 20 heavy (non-hydrogen) atoms. The Morgan fingerprint density at radius 1 is 1.15 bits per heavy atom. The van der Waals surface area contributed by atoms with Gasteiger partial charge in [0.2, 0.25) is 0 Å². The second kappa shape index (κ2) is 4.79. The smallest absolute Gasteiger partial charge is 0.182 e. The van der Waals surface area contributed by atoms with Crippen LogP contribution in [0.4, 0.5) is 8.78 Å². The SMILES string of the molecule is Cc1ccc(-n2c(=S)[nH]c3cc(F)c(Br)cc32)c(F)c1. The van der Waals surface area contributed by atoms with Crippen molar-refractivity contribution in [3.63, 3.8) is 0 Å². The Labute approximate surface area is 127 Å². The van der Waals surface area contributed by atoms with Crippen molar-refractivity contribution in [1.29, 1.82) is 0 Å². The van der Waals surface area contributed by atoms with E-state index in [9.17, 15) is 8.78 Å². The summed E-state index contributed by atoms with van der Waals surface area (Å²) in [6.45, 7) is 1.81. The third-order valence-electron chi connectivity index (χ3n) is 3.07. The van der Waals surface area contributed by atoms with Gasteiger partial charge in [-0.15, -0.1) is 0 Å². The molecule has 0 saturated heterocycles. The third kappa shape index (κ3) is 2.09. The first-order valence-electron chi connectivity index (χ1n) is 5.83. The molecular formula is C14H9BrF2N2S. The Hall–Kier alpha value is -1.53. The van der Waals surface area contributed by atoms with Gasteiger partial charge in [0.25, 0.3) is 0 Å². The Morgan fingerprint density at radius 2 is 1.90 bits per heavy atom. The van der Waals surface area contributed by atoms with Crippen LogP contribution in [0.1, 0.15) is 5.56 Å². The van der Waals surface area contributed by atoms with Gasteiger partial charge in [-0.3, -0.25) is 4.57 Å². The Bertz CT molecular complexity index is 883. The number of nitrogens with one attached hydrogen (secondary N) is 1. The molecule has 3 aromatic rings. The molecule has 0 unspecified atom stereocenters. The molecule has 6 heteroatoms. The number of aromatic amines is 1. The van der Waals surface area contributed by atoms with Crippen molar-refractivity contribution >= 4 is 39.2 Å². The van der Waals surface area contributed by atoms with E-state index in [1.165, 1.54) is 12.1 Å². The van der Waals surface area contributed by atoms with E-state index < -0.39 is 5.82 Å². The topological polar surface area (TPSA) is 20.7 Å². The first kappa shape index (κ1) is 13.5. The van der Waals surface area contributed by atoms with Gasteiger partial charge >= 0.3 is 0 Å². The molecule has 0 aliphatic rings. The maximum absolute atomic E-state index is 14.1. The van der Waals surface area contributed by atoms with Crippen LogP contribution in [0.2, 0.25) is 0 Å². The Morgan fingerprint density at radius 3 is 2.60 bits per heavy atom. The number of rotatable bonds is 1. The van der Waals surface area contributed by atoms with E-state index in [1.54, 1.807) is 22.8 Å².